The lowest BCUT2D eigenvalue weighted by atomic mass is 9.87. The van der Waals surface area contributed by atoms with E-state index in [9.17, 15) is 18.3 Å². The maximum absolute atomic E-state index is 12.6. The topological polar surface area (TPSA) is 29.5 Å². The van der Waals surface area contributed by atoms with Gasteiger partial charge in [0.2, 0.25) is 0 Å². The number of alkyl halides is 3. The van der Waals surface area contributed by atoms with E-state index in [1.54, 1.807) is 13.8 Å². The Morgan fingerprint density at radius 3 is 2.53 bits per heavy atom. The third kappa shape index (κ3) is 2.77. The van der Waals surface area contributed by atoms with Gasteiger partial charge in [-0.2, -0.15) is 13.2 Å². The Bertz CT molecular complexity index is 462. The Balaban J connectivity index is 2.31. The lowest BCUT2D eigenvalue weighted by Gasteiger charge is -2.30. The highest BCUT2D eigenvalue weighted by molar-refractivity contribution is 5.35. The molecule has 19 heavy (non-hydrogen) atoms. The van der Waals surface area contributed by atoms with Crippen LogP contribution in [0.2, 0.25) is 0 Å². The first kappa shape index (κ1) is 14.3. The Morgan fingerprint density at radius 2 is 2.05 bits per heavy atom. The van der Waals surface area contributed by atoms with E-state index in [4.69, 9.17) is 4.74 Å². The largest absolute Gasteiger partial charge is 0.416 e. The molecule has 1 aromatic rings. The minimum absolute atomic E-state index is 0.430. The van der Waals surface area contributed by atoms with E-state index in [1.165, 1.54) is 6.07 Å². The zero-order valence-electron chi connectivity index (χ0n) is 10.9. The van der Waals surface area contributed by atoms with E-state index in [0.717, 1.165) is 18.6 Å². The minimum Gasteiger partial charge on any atom is -0.385 e. The van der Waals surface area contributed by atoms with Crippen molar-refractivity contribution in [3.05, 3.63) is 34.9 Å². The lowest BCUT2D eigenvalue weighted by Crippen LogP contribution is -2.32. The highest BCUT2D eigenvalue weighted by Crippen LogP contribution is 2.39. The van der Waals surface area contributed by atoms with Gasteiger partial charge in [-0.1, -0.05) is 6.07 Å². The molecule has 0 spiro atoms. The summed E-state index contributed by atoms with van der Waals surface area (Å²) >= 11 is 0. The Hall–Kier alpha value is -1.07. The highest BCUT2D eigenvalue weighted by atomic mass is 19.4. The summed E-state index contributed by atoms with van der Waals surface area (Å²) < 4.78 is 43.3. The number of rotatable bonds is 2. The van der Waals surface area contributed by atoms with Gasteiger partial charge in [0.1, 0.15) is 6.10 Å². The van der Waals surface area contributed by atoms with Crippen LogP contribution in [0.5, 0.6) is 0 Å². The summed E-state index contributed by atoms with van der Waals surface area (Å²) in [7, 11) is 0. The van der Waals surface area contributed by atoms with Crippen LogP contribution >= 0.6 is 0 Å². The maximum atomic E-state index is 12.6. The fraction of sp³-hybridized carbons (Fsp3) is 0.571. The van der Waals surface area contributed by atoms with Crippen LogP contribution in [-0.4, -0.2) is 17.3 Å². The fourth-order valence-electron chi connectivity index (χ4n) is 2.50. The smallest absolute Gasteiger partial charge is 0.385 e. The Kier molecular flexibility index (Phi) is 3.62. The second-order valence-corrected chi connectivity index (χ2v) is 5.24. The van der Waals surface area contributed by atoms with E-state index in [0.29, 0.717) is 24.2 Å². The molecule has 2 unspecified atom stereocenters. The minimum atomic E-state index is -4.36. The summed E-state index contributed by atoms with van der Waals surface area (Å²) in [6, 6.07) is 3.41. The van der Waals surface area contributed by atoms with Crippen LogP contribution in [0.25, 0.3) is 0 Å². The summed E-state index contributed by atoms with van der Waals surface area (Å²) in [6.45, 7) is 3.95. The molecule has 106 valence electrons. The molecule has 0 aromatic heterocycles. The Morgan fingerprint density at radius 1 is 1.37 bits per heavy atom. The number of ether oxygens (including phenoxy) is 1. The van der Waals surface area contributed by atoms with Gasteiger partial charge in [-0.05, 0) is 49.9 Å². The molecule has 1 N–H and O–H groups in total. The standard InChI is InChI=1S/C14H17F3O2/c1-9-8-10(14(15,16)17)4-5-11(9)12(18)13(2)6-3-7-19-13/h4-5,8,12,18H,3,6-7H2,1-2H3. The van der Waals surface area contributed by atoms with Crippen LogP contribution in [0.3, 0.4) is 0 Å². The van der Waals surface area contributed by atoms with Gasteiger partial charge in [-0.15, -0.1) is 0 Å². The molecule has 5 heteroatoms. The van der Waals surface area contributed by atoms with Crippen LogP contribution in [0.4, 0.5) is 13.2 Å². The summed E-state index contributed by atoms with van der Waals surface area (Å²) in [5.41, 5.74) is -0.472. The average Bonchev–Trinajstić information content (AvgIpc) is 2.75. The van der Waals surface area contributed by atoms with Gasteiger partial charge < -0.3 is 9.84 Å². The van der Waals surface area contributed by atoms with Crippen molar-refractivity contribution in [2.75, 3.05) is 6.61 Å². The molecule has 0 saturated carbocycles. The van der Waals surface area contributed by atoms with E-state index >= 15 is 0 Å². The number of hydrogen-bond donors (Lipinski definition) is 1. The predicted molar refractivity (Wildman–Crippen MR) is 64.7 cm³/mol. The Labute approximate surface area is 110 Å². The molecule has 2 rings (SSSR count). The molecular weight excluding hydrogens is 257 g/mol. The SMILES string of the molecule is Cc1cc(C(F)(F)F)ccc1C(O)C1(C)CCCO1. The van der Waals surface area contributed by atoms with Crippen molar-refractivity contribution in [2.45, 2.75) is 44.6 Å². The molecular formula is C14H17F3O2. The van der Waals surface area contributed by atoms with Crippen LogP contribution in [0, 0.1) is 6.92 Å². The number of aryl methyl sites for hydroxylation is 1. The first-order chi connectivity index (χ1) is 8.74. The molecule has 2 atom stereocenters. The third-order valence-corrected chi connectivity index (χ3v) is 3.72. The fourth-order valence-corrected chi connectivity index (χ4v) is 2.50. The first-order valence-electron chi connectivity index (χ1n) is 6.24. The van der Waals surface area contributed by atoms with Crippen LogP contribution in [-0.2, 0) is 10.9 Å². The van der Waals surface area contributed by atoms with Gasteiger partial charge in [-0.3, -0.25) is 0 Å². The second kappa shape index (κ2) is 4.80. The molecule has 0 aliphatic carbocycles. The molecule has 0 bridgehead atoms. The van der Waals surface area contributed by atoms with Crippen LogP contribution in [0.15, 0.2) is 18.2 Å². The molecule has 1 saturated heterocycles. The normalized spacial score (nSPS) is 25.6. The monoisotopic (exact) mass is 274 g/mol. The first-order valence-corrected chi connectivity index (χ1v) is 6.24. The zero-order valence-corrected chi connectivity index (χ0v) is 10.9. The summed E-state index contributed by atoms with van der Waals surface area (Å²) in [6.07, 6.45) is -3.71. The van der Waals surface area contributed by atoms with Crippen molar-refractivity contribution in [3.8, 4) is 0 Å². The average molecular weight is 274 g/mol. The number of benzene rings is 1. The quantitative estimate of drug-likeness (QED) is 0.892. The summed E-state index contributed by atoms with van der Waals surface area (Å²) in [5, 5.41) is 10.3. The second-order valence-electron chi connectivity index (χ2n) is 5.24. The van der Waals surface area contributed by atoms with Gasteiger partial charge in [-0.25, -0.2) is 0 Å². The van der Waals surface area contributed by atoms with Crippen molar-refractivity contribution in [3.63, 3.8) is 0 Å². The van der Waals surface area contributed by atoms with Crippen molar-refractivity contribution >= 4 is 0 Å². The third-order valence-electron chi connectivity index (χ3n) is 3.72. The summed E-state index contributed by atoms with van der Waals surface area (Å²) in [4.78, 5) is 0. The van der Waals surface area contributed by atoms with Gasteiger partial charge in [0.05, 0.1) is 11.2 Å². The van der Waals surface area contributed by atoms with E-state index in [-0.39, 0.29) is 0 Å². The van der Waals surface area contributed by atoms with E-state index in [1.807, 2.05) is 0 Å². The molecule has 2 nitrogen and oxygen atoms in total. The van der Waals surface area contributed by atoms with Gasteiger partial charge in [0.15, 0.2) is 0 Å². The zero-order chi connectivity index (χ0) is 14.3. The molecule has 1 aromatic carbocycles. The molecule has 0 radical (unpaired) electrons. The number of halogens is 3. The highest BCUT2D eigenvalue weighted by Gasteiger charge is 2.39. The lowest BCUT2D eigenvalue weighted by molar-refractivity contribution is -0.137. The number of aliphatic hydroxyl groups excluding tert-OH is 1. The van der Waals surface area contributed by atoms with E-state index < -0.39 is 23.4 Å². The maximum Gasteiger partial charge on any atom is 0.416 e. The van der Waals surface area contributed by atoms with Crippen molar-refractivity contribution < 1.29 is 23.0 Å². The van der Waals surface area contributed by atoms with Crippen LogP contribution < -0.4 is 0 Å². The van der Waals surface area contributed by atoms with Crippen molar-refractivity contribution in [1.82, 2.24) is 0 Å². The van der Waals surface area contributed by atoms with Crippen molar-refractivity contribution in [1.29, 1.82) is 0 Å². The van der Waals surface area contributed by atoms with Crippen LogP contribution in [0.1, 0.15) is 42.6 Å². The van der Waals surface area contributed by atoms with Gasteiger partial charge in [0.25, 0.3) is 0 Å². The summed E-state index contributed by atoms with van der Waals surface area (Å²) in [5.74, 6) is 0. The molecule has 1 fully saturated rings. The predicted octanol–water partition coefficient (Wildman–Crippen LogP) is 3.62. The number of hydrogen-bond acceptors (Lipinski definition) is 2. The van der Waals surface area contributed by atoms with E-state index in [2.05, 4.69) is 0 Å². The molecule has 0 amide bonds. The molecule has 1 aliphatic rings. The van der Waals surface area contributed by atoms with Gasteiger partial charge in [0, 0.05) is 6.61 Å². The molecule has 1 aliphatic heterocycles. The van der Waals surface area contributed by atoms with Gasteiger partial charge >= 0.3 is 6.18 Å². The number of aliphatic hydroxyl groups is 1. The molecule has 1 heterocycles. The van der Waals surface area contributed by atoms with Crippen molar-refractivity contribution in [2.24, 2.45) is 0 Å².